The van der Waals surface area contributed by atoms with Gasteiger partial charge in [0, 0.05) is 30.8 Å². The Labute approximate surface area is 118 Å². The van der Waals surface area contributed by atoms with Gasteiger partial charge in [0.1, 0.15) is 0 Å². The van der Waals surface area contributed by atoms with E-state index in [0.29, 0.717) is 0 Å². The van der Waals surface area contributed by atoms with Gasteiger partial charge in [0.05, 0.1) is 5.60 Å². The minimum atomic E-state index is 0.0842. The maximum absolute atomic E-state index is 5.90. The molecule has 3 nitrogen and oxygen atoms in total. The molecule has 0 radical (unpaired) electrons. The second kappa shape index (κ2) is 5.34. The molecule has 3 aliphatic heterocycles. The molecule has 3 heteroatoms. The third kappa shape index (κ3) is 2.84. The van der Waals surface area contributed by atoms with E-state index >= 15 is 0 Å². The fraction of sp³-hybridized carbons (Fsp3) is 1.00. The average molecular weight is 266 g/mol. The van der Waals surface area contributed by atoms with Crippen molar-refractivity contribution in [1.82, 2.24) is 10.2 Å². The molecule has 3 unspecified atom stereocenters. The van der Waals surface area contributed by atoms with E-state index in [-0.39, 0.29) is 5.60 Å². The van der Waals surface area contributed by atoms with Crippen molar-refractivity contribution in [2.45, 2.75) is 89.1 Å². The standard InChI is InChI=1S/C16H30N2O/c1-4-17-12-9-13-5-6-14(10-12)18(13)15-7-8-19-16(2,3)11-15/h12-15,17H,4-11H2,1-3H3. The minimum Gasteiger partial charge on any atom is -0.375 e. The molecule has 1 N–H and O–H groups in total. The molecule has 3 aliphatic rings. The molecule has 0 aliphatic carbocycles. The van der Waals surface area contributed by atoms with Gasteiger partial charge in [-0.15, -0.1) is 0 Å². The molecule has 3 atom stereocenters. The molecule has 0 spiro atoms. The van der Waals surface area contributed by atoms with Crippen LogP contribution in [0.5, 0.6) is 0 Å². The summed E-state index contributed by atoms with van der Waals surface area (Å²) in [5, 5.41) is 3.67. The number of hydrogen-bond acceptors (Lipinski definition) is 3. The van der Waals surface area contributed by atoms with Crippen LogP contribution >= 0.6 is 0 Å². The summed E-state index contributed by atoms with van der Waals surface area (Å²) in [5.74, 6) is 0. The van der Waals surface area contributed by atoms with Crippen molar-refractivity contribution < 1.29 is 4.74 Å². The van der Waals surface area contributed by atoms with E-state index in [4.69, 9.17) is 4.74 Å². The molecule has 110 valence electrons. The Bertz CT molecular complexity index is 304. The third-order valence-corrected chi connectivity index (χ3v) is 5.38. The highest BCUT2D eigenvalue weighted by Gasteiger charge is 2.45. The number of hydrogen-bond donors (Lipinski definition) is 1. The van der Waals surface area contributed by atoms with Crippen LogP contribution in [0.15, 0.2) is 0 Å². The van der Waals surface area contributed by atoms with Gasteiger partial charge in [-0.05, 0) is 58.9 Å². The molecular formula is C16H30N2O. The van der Waals surface area contributed by atoms with E-state index in [1.54, 1.807) is 0 Å². The molecule has 0 amide bonds. The lowest BCUT2D eigenvalue weighted by Gasteiger charge is -2.48. The summed E-state index contributed by atoms with van der Waals surface area (Å²) < 4.78 is 5.90. The Balaban J connectivity index is 1.66. The first-order valence-corrected chi connectivity index (χ1v) is 8.24. The summed E-state index contributed by atoms with van der Waals surface area (Å²) in [6, 6.07) is 3.21. The summed E-state index contributed by atoms with van der Waals surface area (Å²) >= 11 is 0. The molecular weight excluding hydrogens is 236 g/mol. The number of rotatable bonds is 3. The van der Waals surface area contributed by atoms with Crippen LogP contribution in [0.3, 0.4) is 0 Å². The second-order valence-corrected chi connectivity index (χ2v) is 7.31. The van der Waals surface area contributed by atoms with E-state index in [1.165, 1.54) is 38.5 Å². The largest absolute Gasteiger partial charge is 0.375 e. The highest BCUT2D eigenvalue weighted by Crippen LogP contribution is 2.41. The van der Waals surface area contributed by atoms with Crippen molar-refractivity contribution in [3.05, 3.63) is 0 Å². The maximum Gasteiger partial charge on any atom is 0.0641 e. The molecule has 0 aromatic rings. The fourth-order valence-electron chi connectivity index (χ4n) is 4.72. The molecule has 3 rings (SSSR count). The summed E-state index contributed by atoms with van der Waals surface area (Å²) in [7, 11) is 0. The van der Waals surface area contributed by atoms with Gasteiger partial charge in [-0.3, -0.25) is 4.90 Å². The average Bonchev–Trinajstić information content (AvgIpc) is 2.60. The highest BCUT2D eigenvalue weighted by molar-refractivity contribution is 5.01. The number of nitrogens with zero attached hydrogens (tertiary/aromatic N) is 1. The fourth-order valence-corrected chi connectivity index (χ4v) is 4.72. The number of nitrogens with one attached hydrogen (secondary N) is 1. The maximum atomic E-state index is 5.90. The lowest BCUT2D eigenvalue weighted by molar-refractivity contribution is -0.0959. The van der Waals surface area contributed by atoms with Crippen LogP contribution in [0, 0.1) is 0 Å². The molecule has 0 aromatic carbocycles. The molecule has 3 heterocycles. The molecule has 0 aromatic heterocycles. The lowest BCUT2D eigenvalue weighted by atomic mass is 9.88. The molecule has 3 fully saturated rings. The van der Waals surface area contributed by atoms with E-state index in [9.17, 15) is 0 Å². The second-order valence-electron chi connectivity index (χ2n) is 7.31. The zero-order valence-corrected chi connectivity index (χ0v) is 12.8. The van der Waals surface area contributed by atoms with Crippen LogP contribution in [0.1, 0.15) is 59.3 Å². The smallest absolute Gasteiger partial charge is 0.0641 e. The van der Waals surface area contributed by atoms with Gasteiger partial charge in [-0.25, -0.2) is 0 Å². The highest BCUT2D eigenvalue weighted by atomic mass is 16.5. The van der Waals surface area contributed by atoms with Crippen molar-refractivity contribution in [2.75, 3.05) is 13.2 Å². The topological polar surface area (TPSA) is 24.5 Å². The van der Waals surface area contributed by atoms with Gasteiger partial charge in [0.25, 0.3) is 0 Å². The van der Waals surface area contributed by atoms with Crippen LogP contribution in [0.25, 0.3) is 0 Å². The first kappa shape index (κ1) is 13.8. The van der Waals surface area contributed by atoms with E-state index in [1.807, 2.05) is 0 Å². The zero-order valence-electron chi connectivity index (χ0n) is 12.8. The normalized spacial score (nSPS) is 42.5. The Hall–Kier alpha value is -0.120. The zero-order chi connectivity index (χ0) is 13.5. The van der Waals surface area contributed by atoms with Gasteiger partial charge < -0.3 is 10.1 Å². The summed E-state index contributed by atoms with van der Waals surface area (Å²) in [4.78, 5) is 2.89. The van der Waals surface area contributed by atoms with Gasteiger partial charge in [0.15, 0.2) is 0 Å². The Morgan fingerprint density at radius 1 is 1.11 bits per heavy atom. The molecule has 2 bridgehead atoms. The van der Waals surface area contributed by atoms with Crippen molar-refractivity contribution in [2.24, 2.45) is 0 Å². The van der Waals surface area contributed by atoms with E-state index in [2.05, 4.69) is 31.0 Å². The van der Waals surface area contributed by atoms with E-state index in [0.717, 1.165) is 37.3 Å². The van der Waals surface area contributed by atoms with Crippen molar-refractivity contribution in [1.29, 1.82) is 0 Å². The van der Waals surface area contributed by atoms with Crippen molar-refractivity contribution >= 4 is 0 Å². The van der Waals surface area contributed by atoms with Gasteiger partial charge in [-0.2, -0.15) is 0 Å². The van der Waals surface area contributed by atoms with Crippen molar-refractivity contribution in [3.63, 3.8) is 0 Å². The number of ether oxygens (including phenoxy) is 1. The predicted molar refractivity (Wildman–Crippen MR) is 78.4 cm³/mol. The summed E-state index contributed by atoms with van der Waals surface area (Å²) in [6.45, 7) is 8.81. The lowest BCUT2D eigenvalue weighted by Crippen LogP contribution is -2.56. The first-order valence-electron chi connectivity index (χ1n) is 8.24. The van der Waals surface area contributed by atoms with Gasteiger partial charge in [0.2, 0.25) is 0 Å². The van der Waals surface area contributed by atoms with Crippen LogP contribution in [0.2, 0.25) is 0 Å². The Morgan fingerprint density at radius 2 is 1.79 bits per heavy atom. The number of fused-ring (bicyclic) bond motifs is 2. The van der Waals surface area contributed by atoms with Crippen LogP contribution in [-0.2, 0) is 4.74 Å². The monoisotopic (exact) mass is 266 g/mol. The molecule has 3 saturated heterocycles. The Kier molecular flexibility index (Phi) is 3.89. The van der Waals surface area contributed by atoms with Crippen LogP contribution < -0.4 is 5.32 Å². The van der Waals surface area contributed by atoms with Gasteiger partial charge >= 0.3 is 0 Å². The first-order chi connectivity index (χ1) is 9.09. The number of piperidine rings is 1. The van der Waals surface area contributed by atoms with Gasteiger partial charge in [-0.1, -0.05) is 6.92 Å². The summed E-state index contributed by atoms with van der Waals surface area (Å²) in [6.07, 6.45) is 8.02. The van der Waals surface area contributed by atoms with E-state index < -0.39 is 0 Å². The van der Waals surface area contributed by atoms with Crippen LogP contribution in [0.4, 0.5) is 0 Å². The Morgan fingerprint density at radius 3 is 2.37 bits per heavy atom. The third-order valence-electron chi connectivity index (χ3n) is 5.38. The van der Waals surface area contributed by atoms with Crippen molar-refractivity contribution in [3.8, 4) is 0 Å². The summed E-state index contributed by atoms with van der Waals surface area (Å²) in [5.41, 5.74) is 0.0842. The molecule has 19 heavy (non-hydrogen) atoms. The van der Waals surface area contributed by atoms with Crippen LogP contribution in [-0.4, -0.2) is 47.8 Å². The molecule has 0 saturated carbocycles. The predicted octanol–water partition coefficient (Wildman–Crippen LogP) is 2.55. The SMILES string of the molecule is CCNC1CC2CCC(C1)N2C1CCOC(C)(C)C1. The quantitative estimate of drug-likeness (QED) is 0.849. The minimum absolute atomic E-state index is 0.0842.